The number of nitrogens with one attached hydrogen (secondary N) is 2. The summed E-state index contributed by atoms with van der Waals surface area (Å²) in [6.07, 6.45) is 2.05. The highest BCUT2D eigenvalue weighted by molar-refractivity contribution is 7.09. The monoisotopic (exact) mass is 361 g/mol. The zero-order valence-corrected chi connectivity index (χ0v) is 16.9. The number of rotatable bonds is 8. The molecule has 2 aromatic heterocycles. The first kappa shape index (κ1) is 19.5. The number of guanidine groups is 1. The third-order valence-corrected chi connectivity index (χ3v) is 5.26. The van der Waals surface area contributed by atoms with Crippen LogP contribution >= 0.6 is 11.3 Å². The molecule has 6 heteroatoms. The molecular weight excluding hydrogens is 330 g/mol. The van der Waals surface area contributed by atoms with E-state index < -0.39 is 0 Å². The molecule has 0 fully saturated rings. The van der Waals surface area contributed by atoms with Crippen molar-refractivity contribution in [2.24, 2.45) is 18.0 Å². The molecule has 0 aliphatic rings. The summed E-state index contributed by atoms with van der Waals surface area (Å²) in [4.78, 5) is 6.19. The van der Waals surface area contributed by atoms with Gasteiger partial charge in [0.2, 0.25) is 0 Å². The molecule has 2 heterocycles. The Morgan fingerprint density at radius 2 is 2.16 bits per heavy atom. The van der Waals surface area contributed by atoms with Crippen LogP contribution in [-0.2, 0) is 19.9 Å². The van der Waals surface area contributed by atoms with E-state index in [0.717, 1.165) is 44.1 Å². The van der Waals surface area contributed by atoms with Crippen molar-refractivity contribution in [3.63, 3.8) is 0 Å². The van der Waals surface area contributed by atoms with E-state index in [-0.39, 0.29) is 0 Å². The Morgan fingerprint density at radius 1 is 1.36 bits per heavy atom. The van der Waals surface area contributed by atoms with E-state index in [2.05, 4.69) is 60.9 Å². The molecule has 138 valence electrons. The average Bonchev–Trinajstić information content (AvgIpc) is 3.16. The molecule has 0 saturated carbocycles. The third-order valence-electron chi connectivity index (χ3n) is 4.36. The first-order valence-corrected chi connectivity index (χ1v) is 9.92. The Balaban J connectivity index is 1.84. The standard InChI is InChI=1S/C19H31N5S/c1-6-20-19(22-13-14(2)12-17-8-7-11-25-17)21-10-9-18-15(3)23-24(5)16(18)4/h7-8,11,14H,6,9-10,12-13H2,1-5H3,(H2,20,21,22). The lowest BCUT2D eigenvalue weighted by atomic mass is 10.1. The zero-order valence-electron chi connectivity index (χ0n) is 16.1. The number of thiophene rings is 1. The summed E-state index contributed by atoms with van der Waals surface area (Å²) in [5.74, 6) is 1.44. The number of aromatic nitrogens is 2. The van der Waals surface area contributed by atoms with Crippen molar-refractivity contribution in [2.75, 3.05) is 19.6 Å². The van der Waals surface area contributed by atoms with E-state index in [1.807, 2.05) is 23.1 Å². The van der Waals surface area contributed by atoms with E-state index in [9.17, 15) is 0 Å². The van der Waals surface area contributed by atoms with Crippen LogP contribution in [0.15, 0.2) is 22.5 Å². The normalized spacial score (nSPS) is 13.1. The van der Waals surface area contributed by atoms with Crippen LogP contribution in [0.3, 0.4) is 0 Å². The lowest BCUT2D eigenvalue weighted by molar-refractivity contribution is 0.595. The largest absolute Gasteiger partial charge is 0.357 e. The second-order valence-electron chi connectivity index (χ2n) is 6.56. The fourth-order valence-electron chi connectivity index (χ4n) is 2.91. The molecule has 1 unspecified atom stereocenters. The molecule has 2 N–H and O–H groups in total. The van der Waals surface area contributed by atoms with Crippen LogP contribution in [0.2, 0.25) is 0 Å². The van der Waals surface area contributed by atoms with E-state index in [4.69, 9.17) is 4.99 Å². The van der Waals surface area contributed by atoms with Gasteiger partial charge in [-0.05, 0) is 56.5 Å². The summed E-state index contributed by atoms with van der Waals surface area (Å²) < 4.78 is 1.95. The molecular formula is C19H31N5S. The van der Waals surface area contributed by atoms with Gasteiger partial charge in [0.25, 0.3) is 0 Å². The Bertz CT molecular complexity index is 672. The van der Waals surface area contributed by atoms with Crippen LogP contribution in [-0.4, -0.2) is 35.4 Å². The summed E-state index contributed by atoms with van der Waals surface area (Å²) in [5, 5.41) is 13.4. The molecule has 5 nitrogen and oxygen atoms in total. The van der Waals surface area contributed by atoms with E-state index in [1.54, 1.807) is 0 Å². The molecule has 0 aliphatic heterocycles. The summed E-state index contributed by atoms with van der Waals surface area (Å²) in [7, 11) is 2.00. The topological polar surface area (TPSA) is 54.2 Å². The number of aliphatic imine (C=N–C) groups is 1. The maximum atomic E-state index is 4.75. The van der Waals surface area contributed by atoms with Gasteiger partial charge < -0.3 is 10.6 Å². The van der Waals surface area contributed by atoms with Crippen LogP contribution < -0.4 is 10.6 Å². The summed E-state index contributed by atoms with van der Waals surface area (Å²) in [6, 6.07) is 4.32. The van der Waals surface area contributed by atoms with Gasteiger partial charge in [-0.3, -0.25) is 9.67 Å². The van der Waals surface area contributed by atoms with Crippen molar-refractivity contribution < 1.29 is 0 Å². The lowest BCUT2D eigenvalue weighted by Crippen LogP contribution is -2.38. The molecule has 2 aromatic rings. The molecule has 2 rings (SSSR count). The Labute approximate surface area is 155 Å². The van der Waals surface area contributed by atoms with Gasteiger partial charge in [0, 0.05) is 37.3 Å². The van der Waals surface area contributed by atoms with Gasteiger partial charge in [-0.25, -0.2) is 0 Å². The highest BCUT2D eigenvalue weighted by atomic mass is 32.1. The van der Waals surface area contributed by atoms with Gasteiger partial charge >= 0.3 is 0 Å². The third kappa shape index (κ3) is 5.88. The smallest absolute Gasteiger partial charge is 0.191 e. The highest BCUT2D eigenvalue weighted by Gasteiger charge is 2.09. The molecule has 0 bridgehead atoms. The van der Waals surface area contributed by atoms with Gasteiger partial charge in [0.15, 0.2) is 5.96 Å². The van der Waals surface area contributed by atoms with Gasteiger partial charge in [-0.1, -0.05) is 13.0 Å². The average molecular weight is 362 g/mol. The summed E-state index contributed by atoms with van der Waals surface area (Å²) in [5.41, 5.74) is 3.69. The summed E-state index contributed by atoms with van der Waals surface area (Å²) in [6.45, 7) is 11.1. The zero-order chi connectivity index (χ0) is 18.2. The van der Waals surface area contributed by atoms with Crippen molar-refractivity contribution in [3.05, 3.63) is 39.3 Å². The van der Waals surface area contributed by atoms with Crippen LogP contribution in [0, 0.1) is 19.8 Å². The molecule has 0 saturated heterocycles. The maximum Gasteiger partial charge on any atom is 0.191 e. The fraction of sp³-hybridized carbons (Fsp3) is 0.579. The Kier molecular flexibility index (Phi) is 7.50. The highest BCUT2D eigenvalue weighted by Crippen LogP contribution is 2.14. The molecule has 0 aromatic carbocycles. The molecule has 0 spiro atoms. The van der Waals surface area contributed by atoms with Crippen molar-refractivity contribution in [2.45, 2.75) is 40.5 Å². The SMILES string of the molecule is CCNC(=NCC(C)Cc1cccs1)NCCc1c(C)nn(C)c1C. The van der Waals surface area contributed by atoms with E-state index in [0.29, 0.717) is 5.92 Å². The quantitative estimate of drug-likeness (QED) is 0.561. The van der Waals surface area contributed by atoms with Crippen LogP contribution in [0.5, 0.6) is 0 Å². The first-order chi connectivity index (χ1) is 12.0. The molecule has 25 heavy (non-hydrogen) atoms. The minimum absolute atomic E-state index is 0.539. The van der Waals surface area contributed by atoms with Crippen LogP contribution in [0.4, 0.5) is 0 Å². The number of nitrogens with zero attached hydrogens (tertiary/aromatic N) is 3. The number of aryl methyl sites for hydroxylation is 2. The first-order valence-electron chi connectivity index (χ1n) is 9.04. The van der Waals surface area contributed by atoms with Crippen molar-refractivity contribution in [1.82, 2.24) is 20.4 Å². The molecule has 0 radical (unpaired) electrons. The Hall–Kier alpha value is -1.82. The number of hydrogen-bond acceptors (Lipinski definition) is 3. The lowest BCUT2D eigenvalue weighted by Gasteiger charge is -2.13. The minimum atomic E-state index is 0.539. The number of hydrogen-bond donors (Lipinski definition) is 2. The van der Waals surface area contributed by atoms with E-state index >= 15 is 0 Å². The van der Waals surface area contributed by atoms with Gasteiger partial charge in [-0.2, -0.15) is 5.10 Å². The van der Waals surface area contributed by atoms with Crippen molar-refractivity contribution >= 4 is 17.3 Å². The summed E-state index contributed by atoms with van der Waals surface area (Å²) >= 11 is 1.82. The minimum Gasteiger partial charge on any atom is -0.357 e. The van der Waals surface area contributed by atoms with Gasteiger partial charge in [-0.15, -0.1) is 11.3 Å². The van der Waals surface area contributed by atoms with E-state index in [1.165, 1.54) is 16.1 Å². The maximum absolute atomic E-state index is 4.75. The van der Waals surface area contributed by atoms with Crippen molar-refractivity contribution in [1.29, 1.82) is 0 Å². The molecule has 0 aliphatic carbocycles. The molecule has 1 atom stereocenters. The predicted octanol–water partition coefficient (Wildman–Crippen LogP) is 3.07. The molecule has 0 amide bonds. The van der Waals surface area contributed by atoms with Crippen LogP contribution in [0.25, 0.3) is 0 Å². The second kappa shape index (κ2) is 9.61. The van der Waals surface area contributed by atoms with Crippen LogP contribution in [0.1, 0.15) is 35.7 Å². The van der Waals surface area contributed by atoms with Gasteiger partial charge in [0.05, 0.1) is 5.69 Å². The Morgan fingerprint density at radius 3 is 2.76 bits per heavy atom. The predicted molar refractivity (Wildman–Crippen MR) is 108 cm³/mol. The second-order valence-corrected chi connectivity index (χ2v) is 7.59. The fourth-order valence-corrected chi connectivity index (χ4v) is 3.78. The van der Waals surface area contributed by atoms with Gasteiger partial charge in [0.1, 0.15) is 0 Å². The van der Waals surface area contributed by atoms with Crippen molar-refractivity contribution in [3.8, 4) is 0 Å².